The third kappa shape index (κ3) is 3.50. The quantitative estimate of drug-likeness (QED) is 0.853. The minimum absolute atomic E-state index is 0.159. The first-order chi connectivity index (χ1) is 9.60. The van der Waals surface area contributed by atoms with Gasteiger partial charge in [-0.3, -0.25) is 4.79 Å². The van der Waals surface area contributed by atoms with Crippen molar-refractivity contribution in [2.24, 2.45) is 0 Å². The van der Waals surface area contributed by atoms with Crippen LogP contribution in [0, 0.1) is 18.8 Å². The van der Waals surface area contributed by atoms with Crippen LogP contribution in [0.3, 0.4) is 0 Å². The van der Waals surface area contributed by atoms with Gasteiger partial charge in [0, 0.05) is 0 Å². The maximum absolute atomic E-state index is 12.1. The van der Waals surface area contributed by atoms with E-state index in [1.165, 1.54) is 11.3 Å². The van der Waals surface area contributed by atoms with Crippen LogP contribution in [0.2, 0.25) is 0 Å². The van der Waals surface area contributed by atoms with Gasteiger partial charge in [-0.1, -0.05) is 11.8 Å². The monoisotopic (exact) mass is 289 g/mol. The Morgan fingerprint density at radius 3 is 2.90 bits per heavy atom. The number of amides is 1. The first kappa shape index (κ1) is 14.4. The molecule has 0 aliphatic carbocycles. The number of thiophene rings is 1. The molecule has 2 N–H and O–H groups in total. The van der Waals surface area contributed by atoms with Crippen molar-refractivity contribution < 1.29 is 14.3 Å². The van der Waals surface area contributed by atoms with Gasteiger partial charge in [-0.2, -0.15) is 0 Å². The highest BCUT2D eigenvalue weighted by molar-refractivity contribution is 7.14. The second kappa shape index (κ2) is 6.42. The van der Waals surface area contributed by atoms with Crippen LogP contribution in [-0.4, -0.2) is 17.6 Å². The molecule has 0 radical (unpaired) electrons. The number of aliphatic hydroxyl groups excluding tert-OH is 1. The zero-order valence-electron chi connectivity index (χ0n) is 11.3. The van der Waals surface area contributed by atoms with Crippen molar-refractivity contribution in [3.8, 4) is 11.8 Å². The summed E-state index contributed by atoms with van der Waals surface area (Å²) in [5, 5.41) is 11.5. The van der Waals surface area contributed by atoms with Crippen LogP contribution in [0.25, 0.3) is 0 Å². The number of aryl methyl sites for hydroxylation is 1. The summed E-state index contributed by atoms with van der Waals surface area (Å²) in [7, 11) is 0. The molecule has 4 nitrogen and oxygen atoms in total. The van der Waals surface area contributed by atoms with Gasteiger partial charge in [0.2, 0.25) is 0 Å². The number of hydrogen-bond acceptors (Lipinski definition) is 4. The summed E-state index contributed by atoms with van der Waals surface area (Å²) in [6.45, 7) is 3.55. The topological polar surface area (TPSA) is 62.5 Å². The summed E-state index contributed by atoms with van der Waals surface area (Å²) >= 11 is 1.30. The van der Waals surface area contributed by atoms with Gasteiger partial charge in [0.25, 0.3) is 5.91 Å². The second-order valence-corrected chi connectivity index (χ2v) is 5.35. The molecule has 104 valence electrons. The molecule has 0 spiro atoms. The molecule has 0 aromatic carbocycles. The third-order valence-corrected chi connectivity index (χ3v) is 3.66. The summed E-state index contributed by atoms with van der Waals surface area (Å²) in [5.41, 5.74) is 0. The molecule has 2 rings (SSSR count). The second-order valence-electron chi connectivity index (χ2n) is 4.27. The Labute approximate surface area is 121 Å². The molecule has 0 saturated heterocycles. The van der Waals surface area contributed by atoms with E-state index in [4.69, 9.17) is 9.52 Å². The predicted octanol–water partition coefficient (Wildman–Crippen LogP) is 2.48. The fraction of sp³-hybridized carbons (Fsp3) is 0.267. The van der Waals surface area contributed by atoms with Crippen LogP contribution in [-0.2, 0) is 0 Å². The molecule has 1 atom stereocenters. The average molecular weight is 289 g/mol. The highest BCUT2D eigenvalue weighted by Crippen LogP contribution is 2.19. The van der Waals surface area contributed by atoms with E-state index in [0.29, 0.717) is 4.88 Å². The zero-order chi connectivity index (χ0) is 14.5. The van der Waals surface area contributed by atoms with Gasteiger partial charge >= 0.3 is 0 Å². The lowest BCUT2D eigenvalue weighted by Gasteiger charge is -2.10. The number of carbonyl (C=O) groups is 1. The van der Waals surface area contributed by atoms with Crippen molar-refractivity contribution in [2.45, 2.75) is 19.9 Å². The van der Waals surface area contributed by atoms with Gasteiger partial charge in [-0.05, 0) is 38.1 Å². The van der Waals surface area contributed by atoms with Crippen molar-refractivity contribution in [1.29, 1.82) is 0 Å². The summed E-state index contributed by atoms with van der Waals surface area (Å²) in [6.07, 6.45) is 0. The number of rotatable bonds is 3. The fourth-order valence-corrected chi connectivity index (χ4v) is 2.46. The standard InChI is InChI=1S/C15H15NO3S/c1-10-5-7-13(19-10)11(2)16-15(18)14-8-6-12(20-14)4-3-9-17/h5-8,11,17H,9H2,1-2H3,(H,16,18). The van der Waals surface area contributed by atoms with Crippen molar-refractivity contribution in [1.82, 2.24) is 5.32 Å². The van der Waals surface area contributed by atoms with Crippen molar-refractivity contribution >= 4 is 17.2 Å². The molecule has 0 saturated carbocycles. The first-order valence-corrected chi connectivity index (χ1v) is 6.98. The Morgan fingerprint density at radius 2 is 2.25 bits per heavy atom. The molecule has 1 unspecified atom stereocenters. The molecule has 0 aliphatic heterocycles. The third-order valence-electron chi connectivity index (χ3n) is 2.66. The molecule has 2 heterocycles. The highest BCUT2D eigenvalue weighted by atomic mass is 32.1. The Balaban J connectivity index is 2.02. The lowest BCUT2D eigenvalue weighted by Crippen LogP contribution is -2.25. The number of furan rings is 1. The molecule has 0 aliphatic rings. The molecular formula is C15H15NO3S. The van der Waals surface area contributed by atoms with Gasteiger partial charge in [-0.25, -0.2) is 0 Å². The van der Waals surface area contributed by atoms with Crippen LogP contribution in [0.4, 0.5) is 0 Å². The molecule has 20 heavy (non-hydrogen) atoms. The summed E-state index contributed by atoms with van der Waals surface area (Å²) < 4.78 is 5.48. The fourth-order valence-electron chi connectivity index (χ4n) is 1.68. The van der Waals surface area contributed by atoms with Crippen molar-refractivity contribution in [2.75, 3.05) is 6.61 Å². The Bertz CT molecular complexity index is 660. The molecule has 2 aromatic heterocycles. The molecule has 1 amide bonds. The molecule has 0 bridgehead atoms. The molecule has 2 aromatic rings. The van der Waals surface area contributed by atoms with Crippen LogP contribution in [0.5, 0.6) is 0 Å². The van der Waals surface area contributed by atoms with E-state index in [1.807, 2.05) is 26.0 Å². The number of aliphatic hydroxyl groups is 1. The lowest BCUT2D eigenvalue weighted by atomic mass is 10.2. The van der Waals surface area contributed by atoms with Crippen LogP contribution < -0.4 is 5.32 Å². The van der Waals surface area contributed by atoms with Gasteiger partial charge in [0.1, 0.15) is 18.1 Å². The first-order valence-electron chi connectivity index (χ1n) is 6.17. The summed E-state index contributed by atoms with van der Waals surface area (Å²) in [6, 6.07) is 7.02. The lowest BCUT2D eigenvalue weighted by molar-refractivity contribution is 0.0939. The van der Waals surface area contributed by atoms with Gasteiger partial charge in [0.15, 0.2) is 0 Å². The maximum atomic E-state index is 12.1. The molecule has 5 heteroatoms. The predicted molar refractivity (Wildman–Crippen MR) is 77.6 cm³/mol. The van der Waals surface area contributed by atoms with E-state index in [1.54, 1.807) is 12.1 Å². The number of hydrogen-bond donors (Lipinski definition) is 2. The van der Waals surface area contributed by atoms with Crippen LogP contribution in [0.15, 0.2) is 28.7 Å². The summed E-state index contributed by atoms with van der Waals surface area (Å²) in [4.78, 5) is 13.4. The van der Waals surface area contributed by atoms with Gasteiger partial charge in [0.05, 0.1) is 15.8 Å². The SMILES string of the molecule is Cc1ccc(C(C)NC(=O)c2ccc(C#CCO)s2)o1. The average Bonchev–Trinajstić information content (AvgIpc) is 3.05. The maximum Gasteiger partial charge on any atom is 0.261 e. The van der Waals surface area contributed by atoms with Crippen LogP contribution in [0.1, 0.15) is 39.0 Å². The van der Waals surface area contributed by atoms with Crippen molar-refractivity contribution in [3.63, 3.8) is 0 Å². The van der Waals surface area contributed by atoms with E-state index in [0.717, 1.165) is 16.4 Å². The van der Waals surface area contributed by atoms with E-state index in [-0.39, 0.29) is 18.6 Å². The van der Waals surface area contributed by atoms with Crippen LogP contribution >= 0.6 is 11.3 Å². The highest BCUT2D eigenvalue weighted by Gasteiger charge is 2.15. The van der Waals surface area contributed by atoms with E-state index in [2.05, 4.69) is 17.2 Å². The van der Waals surface area contributed by atoms with E-state index < -0.39 is 0 Å². The Hall–Kier alpha value is -2.03. The van der Waals surface area contributed by atoms with Gasteiger partial charge < -0.3 is 14.8 Å². The smallest absolute Gasteiger partial charge is 0.261 e. The van der Waals surface area contributed by atoms with E-state index >= 15 is 0 Å². The summed E-state index contributed by atoms with van der Waals surface area (Å²) in [5.74, 6) is 6.72. The minimum Gasteiger partial charge on any atom is -0.464 e. The molecular weight excluding hydrogens is 274 g/mol. The van der Waals surface area contributed by atoms with E-state index in [9.17, 15) is 4.79 Å². The normalized spacial score (nSPS) is 11.6. The molecule has 0 fully saturated rings. The Morgan fingerprint density at radius 1 is 1.45 bits per heavy atom. The Kier molecular flexibility index (Phi) is 4.61. The van der Waals surface area contributed by atoms with Gasteiger partial charge in [-0.15, -0.1) is 11.3 Å². The largest absolute Gasteiger partial charge is 0.464 e. The van der Waals surface area contributed by atoms with Crippen molar-refractivity contribution in [3.05, 3.63) is 45.5 Å². The minimum atomic E-state index is -0.190. The number of carbonyl (C=O) groups excluding carboxylic acids is 1. The number of nitrogens with one attached hydrogen (secondary N) is 1. The zero-order valence-corrected chi connectivity index (χ0v) is 12.1.